The summed E-state index contributed by atoms with van der Waals surface area (Å²) in [5.74, 6) is 0.866. The molecule has 152 valence electrons. The van der Waals surface area contributed by atoms with E-state index in [2.05, 4.69) is 20.9 Å². The van der Waals surface area contributed by atoms with E-state index in [0.717, 1.165) is 0 Å². The normalized spacial score (nSPS) is 18.4. The Kier molecular flexibility index (Phi) is 10.4. The van der Waals surface area contributed by atoms with Gasteiger partial charge in [0.1, 0.15) is 0 Å². The van der Waals surface area contributed by atoms with Gasteiger partial charge >= 0.3 is 0 Å². The topological polar surface area (TPSA) is 99.7 Å². The van der Waals surface area contributed by atoms with Crippen LogP contribution in [0, 0.1) is 0 Å². The number of halogens is 2. The van der Waals surface area contributed by atoms with Gasteiger partial charge in [-0.1, -0.05) is 11.6 Å². The van der Waals surface area contributed by atoms with Crippen LogP contribution in [0.4, 0.5) is 5.69 Å². The molecule has 1 aliphatic heterocycles. The lowest BCUT2D eigenvalue weighted by molar-refractivity contribution is -0.116. The van der Waals surface area contributed by atoms with Gasteiger partial charge in [-0.05, 0) is 44.0 Å². The molecule has 1 aromatic carbocycles. The van der Waals surface area contributed by atoms with Crippen molar-refractivity contribution in [3.8, 4) is 0 Å². The number of benzene rings is 1. The first-order chi connectivity index (χ1) is 12.4. The standard InChI is InChI=1S/C17H25ClN4O3S.HI/c1-2-19-17(22-15-9-11-26(24,25)12-15)20-10-3-4-16(23)21-14-7-5-13(18)6-8-14;/h5-8,15H,2-4,9-12H2,1H3,(H,21,23)(H2,19,20,22);1H. The summed E-state index contributed by atoms with van der Waals surface area (Å²) in [6.07, 6.45) is 1.54. The summed E-state index contributed by atoms with van der Waals surface area (Å²) in [5.41, 5.74) is 0.709. The van der Waals surface area contributed by atoms with E-state index in [1.807, 2.05) is 6.92 Å². The summed E-state index contributed by atoms with van der Waals surface area (Å²) in [5, 5.41) is 9.68. The SMILES string of the molecule is CCNC(=NCCCC(=O)Nc1ccc(Cl)cc1)NC1CCS(=O)(=O)C1.I. The number of anilines is 1. The van der Waals surface area contributed by atoms with Crippen LogP contribution in [0.25, 0.3) is 0 Å². The molecule has 1 heterocycles. The van der Waals surface area contributed by atoms with Gasteiger partial charge in [0.15, 0.2) is 15.8 Å². The summed E-state index contributed by atoms with van der Waals surface area (Å²) < 4.78 is 23.1. The number of amides is 1. The van der Waals surface area contributed by atoms with Crippen molar-refractivity contribution >= 4 is 63.0 Å². The quantitative estimate of drug-likeness (QED) is 0.218. The summed E-state index contributed by atoms with van der Waals surface area (Å²) in [7, 11) is -2.93. The Morgan fingerprint density at radius 2 is 2.00 bits per heavy atom. The van der Waals surface area contributed by atoms with Crippen molar-refractivity contribution in [1.82, 2.24) is 10.6 Å². The maximum atomic E-state index is 11.9. The average Bonchev–Trinajstić information content (AvgIpc) is 2.92. The second kappa shape index (κ2) is 11.7. The second-order valence-electron chi connectivity index (χ2n) is 6.16. The van der Waals surface area contributed by atoms with E-state index in [1.54, 1.807) is 24.3 Å². The molecule has 1 aliphatic rings. The van der Waals surface area contributed by atoms with Crippen LogP contribution in [0.1, 0.15) is 26.2 Å². The number of nitrogens with zero attached hydrogens (tertiary/aromatic N) is 1. The number of hydrogen-bond acceptors (Lipinski definition) is 4. The molecular formula is C17H26ClIN4O3S. The van der Waals surface area contributed by atoms with E-state index in [1.165, 1.54) is 0 Å². The summed E-state index contributed by atoms with van der Waals surface area (Å²) in [4.78, 5) is 16.3. The number of hydrogen-bond donors (Lipinski definition) is 3. The summed E-state index contributed by atoms with van der Waals surface area (Å²) in [6.45, 7) is 3.10. The first kappa shape index (κ1) is 24.0. The number of nitrogens with one attached hydrogen (secondary N) is 3. The lowest BCUT2D eigenvalue weighted by atomic mass is 10.2. The van der Waals surface area contributed by atoms with Gasteiger partial charge in [0.05, 0.1) is 11.5 Å². The minimum atomic E-state index is -2.93. The lowest BCUT2D eigenvalue weighted by Gasteiger charge is -2.15. The van der Waals surface area contributed by atoms with E-state index in [9.17, 15) is 13.2 Å². The van der Waals surface area contributed by atoms with Crippen molar-refractivity contribution in [3.05, 3.63) is 29.3 Å². The smallest absolute Gasteiger partial charge is 0.224 e. The molecule has 2 rings (SSSR count). The molecule has 1 atom stereocenters. The van der Waals surface area contributed by atoms with Gasteiger partial charge in [-0.2, -0.15) is 0 Å². The number of sulfone groups is 1. The Balaban J connectivity index is 0.00000364. The van der Waals surface area contributed by atoms with Gasteiger partial charge in [0, 0.05) is 36.3 Å². The van der Waals surface area contributed by atoms with Gasteiger partial charge < -0.3 is 16.0 Å². The average molecular weight is 529 g/mol. The number of aliphatic imine (C=N–C) groups is 1. The van der Waals surface area contributed by atoms with Crippen LogP contribution in [0.15, 0.2) is 29.3 Å². The minimum absolute atomic E-state index is 0. The molecule has 1 saturated heterocycles. The van der Waals surface area contributed by atoms with Crippen LogP contribution in [-0.4, -0.2) is 50.9 Å². The molecule has 0 aromatic heterocycles. The predicted molar refractivity (Wildman–Crippen MR) is 121 cm³/mol. The summed E-state index contributed by atoms with van der Waals surface area (Å²) >= 11 is 5.81. The van der Waals surface area contributed by atoms with Crippen molar-refractivity contribution < 1.29 is 13.2 Å². The monoisotopic (exact) mass is 528 g/mol. The molecule has 10 heteroatoms. The largest absolute Gasteiger partial charge is 0.357 e. The highest BCUT2D eigenvalue weighted by Gasteiger charge is 2.28. The fraction of sp³-hybridized carbons (Fsp3) is 0.529. The van der Waals surface area contributed by atoms with Crippen molar-refractivity contribution in [2.24, 2.45) is 4.99 Å². The number of carbonyl (C=O) groups is 1. The fourth-order valence-corrected chi connectivity index (χ4v) is 4.41. The Hall–Kier alpha value is -1.07. The number of guanidine groups is 1. The highest BCUT2D eigenvalue weighted by atomic mass is 127. The molecule has 0 aliphatic carbocycles. The van der Waals surface area contributed by atoms with Crippen molar-refractivity contribution in [3.63, 3.8) is 0 Å². The Morgan fingerprint density at radius 1 is 1.30 bits per heavy atom. The van der Waals surface area contributed by atoms with E-state index in [0.29, 0.717) is 49.0 Å². The molecule has 0 radical (unpaired) electrons. The molecule has 1 aromatic rings. The van der Waals surface area contributed by atoms with Crippen LogP contribution in [-0.2, 0) is 14.6 Å². The molecule has 0 bridgehead atoms. The van der Waals surface area contributed by atoms with E-state index in [-0.39, 0.29) is 47.4 Å². The van der Waals surface area contributed by atoms with Crippen LogP contribution in [0.2, 0.25) is 5.02 Å². The van der Waals surface area contributed by atoms with Crippen LogP contribution in [0.3, 0.4) is 0 Å². The first-order valence-corrected chi connectivity index (χ1v) is 10.9. The molecule has 0 spiro atoms. The van der Waals surface area contributed by atoms with E-state index < -0.39 is 9.84 Å². The maximum absolute atomic E-state index is 11.9. The molecule has 1 amide bonds. The first-order valence-electron chi connectivity index (χ1n) is 8.68. The van der Waals surface area contributed by atoms with Crippen molar-refractivity contribution in [2.45, 2.75) is 32.2 Å². The fourth-order valence-electron chi connectivity index (χ4n) is 2.61. The maximum Gasteiger partial charge on any atom is 0.224 e. The van der Waals surface area contributed by atoms with Gasteiger partial charge in [-0.3, -0.25) is 9.79 Å². The molecule has 7 nitrogen and oxygen atoms in total. The zero-order valence-electron chi connectivity index (χ0n) is 15.2. The number of carbonyl (C=O) groups excluding carboxylic acids is 1. The van der Waals surface area contributed by atoms with Crippen LogP contribution >= 0.6 is 35.6 Å². The van der Waals surface area contributed by atoms with Gasteiger partial charge in [0.25, 0.3) is 0 Å². The zero-order valence-corrected chi connectivity index (χ0v) is 19.1. The van der Waals surface area contributed by atoms with Gasteiger partial charge in [0.2, 0.25) is 5.91 Å². The Labute approximate surface area is 182 Å². The Morgan fingerprint density at radius 3 is 2.59 bits per heavy atom. The molecule has 27 heavy (non-hydrogen) atoms. The summed E-state index contributed by atoms with van der Waals surface area (Å²) in [6, 6.07) is 6.84. The zero-order chi connectivity index (χ0) is 19.0. The highest BCUT2D eigenvalue weighted by Crippen LogP contribution is 2.14. The van der Waals surface area contributed by atoms with Gasteiger partial charge in [-0.25, -0.2) is 8.42 Å². The molecule has 1 fully saturated rings. The lowest BCUT2D eigenvalue weighted by Crippen LogP contribution is -2.44. The van der Waals surface area contributed by atoms with Crippen LogP contribution in [0.5, 0.6) is 0 Å². The highest BCUT2D eigenvalue weighted by molar-refractivity contribution is 14.0. The second-order valence-corrected chi connectivity index (χ2v) is 8.83. The molecule has 3 N–H and O–H groups in total. The molecular weight excluding hydrogens is 503 g/mol. The molecule has 0 saturated carbocycles. The molecule has 1 unspecified atom stereocenters. The minimum Gasteiger partial charge on any atom is -0.357 e. The van der Waals surface area contributed by atoms with Crippen molar-refractivity contribution in [1.29, 1.82) is 0 Å². The predicted octanol–water partition coefficient (Wildman–Crippen LogP) is 2.42. The van der Waals surface area contributed by atoms with E-state index >= 15 is 0 Å². The third-order valence-corrected chi connectivity index (χ3v) is 5.90. The van der Waals surface area contributed by atoms with E-state index in [4.69, 9.17) is 11.6 Å². The van der Waals surface area contributed by atoms with Gasteiger partial charge in [-0.15, -0.1) is 24.0 Å². The Bertz CT molecular complexity index is 741. The number of rotatable bonds is 7. The third kappa shape index (κ3) is 9.11. The van der Waals surface area contributed by atoms with Crippen molar-refractivity contribution in [2.75, 3.05) is 29.9 Å². The van der Waals surface area contributed by atoms with Crippen LogP contribution < -0.4 is 16.0 Å². The third-order valence-electron chi connectivity index (χ3n) is 3.88.